The van der Waals surface area contributed by atoms with Gasteiger partial charge < -0.3 is 24.4 Å². The topological polar surface area (TPSA) is 77.1 Å². The average molecular weight is 364 g/mol. The third kappa shape index (κ3) is 6.22. The highest BCUT2D eigenvalue weighted by Crippen LogP contribution is 2.19. The largest absolute Gasteiger partial charge is 0.497 e. The number of amides is 2. The number of methoxy groups -OCH3 is 2. The number of nitrogens with one attached hydrogen (secondary N) is 1. The zero-order chi connectivity index (χ0) is 18.8. The summed E-state index contributed by atoms with van der Waals surface area (Å²) < 4.78 is 15.6. The minimum Gasteiger partial charge on any atom is -0.497 e. The van der Waals surface area contributed by atoms with Gasteiger partial charge in [-0.25, -0.2) is 0 Å². The molecule has 0 spiro atoms. The number of carbonyl (C=O) groups excluding carboxylic acids is 2. The third-order valence-corrected chi connectivity index (χ3v) is 4.46. The SMILES string of the molecule is COCCCNC(=O)C1CCN(C(=O)COc2ccc(OC)cc2)CC1. The van der Waals surface area contributed by atoms with Crippen LogP contribution in [0.2, 0.25) is 0 Å². The van der Waals surface area contributed by atoms with Crippen LogP contribution in [0.15, 0.2) is 24.3 Å². The van der Waals surface area contributed by atoms with Gasteiger partial charge in [0.1, 0.15) is 11.5 Å². The molecular weight excluding hydrogens is 336 g/mol. The second-order valence-corrected chi connectivity index (χ2v) is 6.26. The summed E-state index contributed by atoms with van der Waals surface area (Å²) in [7, 11) is 3.25. The van der Waals surface area contributed by atoms with Crippen LogP contribution in [0, 0.1) is 5.92 Å². The van der Waals surface area contributed by atoms with Crippen molar-refractivity contribution in [3.8, 4) is 11.5 Å². The van der Waals surface area contributed by atoms with E-state index >= 15 is 0 Å². The van der Waals surface area contributed by atoms with E-state index in [1.807, 2.05) is 0 Å². The van der Waals surface area contributed by atoms with Gasteiger partial charge in [0.25, 0.3) is 5.91 Å². The molecule has 0 atom stereocenters. The van der Waals surface area contributed by atoms with Gasteiger partial charge in [-0.05, 0) is 43.5 Å². The van der Waals surface area contributed by atoms with Crippen LogP contribution in [0.5, 0.6) is 11.5 Å². The van der Waals surface area contributed by atoms with Gasteiger partial charge >= 0.3 is 0 Å². The van der Waals surface area contributed by atoms with Crippen molar-refractivity contribution in [2.45, 2.75) is 19.3 Å². The second-order valence-electron chi connectivity index (χ2n) is 6.26. The molecule has 1 aromatic rings. The molecule has 26 heavy (non-hydrogen) atoms. The van der Waals surface area contributed by atoms with Gasteiger partial charge in [-0.15, -0.1) is 0 Å². The zero-order valence-electron chi connectivity index (χ0n) is 15.5. The molecule has 1 aliphatic rings. The van der Waals surface area contributed by atoms with E-state index in [9.17, 15) is 9.59 Å². The van der Waals surface area contributed by atoms with Gasteiger partial charge in [0.2, 0.25) is 5.91 Å². The highest BCUT2D eigenvalue weighted by Gasteiger charge is 2.27. The molecule has 7 nitrogen and oxygen atoms in total. The molecule has 1 saturated heterocycles. The normalized spacial score (nSPS) is 14.8. The zero-order valence-corrected chi connectivity index (χ0v) is 15.5. The average Bonchev–Trinajstić information content (AvgIpc) is 2.69. The number of rotatable bonds is 9. The summed E-state index contributed by atoms with van der Waals surface area (Å²) in [6, 6.07) is 7.12. The molecule has 2 rings (SSSR count). The molecule has 7 heteroatoms. The Labute approximate surface area is 154 Å². The minimum absolute atomic E-state index is 0.000208. The Morgan fingerprint density at radius 3 is 2.38 bits per heavy atom. The molecule has 0 unspecified atom stereocenters. The standard InChI is InChI=1S/C19H28N2O5/c1-24-13-3-10-20-19(23)15-8-11-21(12-9-15)18(22)14-26-17-6-4-16(25-2)5-7-17/h4-7,15H,3,8-14H2,1-2H3,(H,20,23). The molecule has 0 bridgehead atoms. The number of piperidine rings is 1. The Morgan fingerprint density at radius 1 is 1.12 bits per heavy atom. The summed E-state index contributed by atoms with van der Waals surface area (Å²) in [5.41, 5.74) is 0. The van der Waals surface area contributed by atoms with Crippen molar-refractivity contribution in [3.05, 3.63) is 24.3 Å². The van der Waals surface area contributed by atoms with E-state index in [1.165, 1.54) is 0 Å². The molecule has 1 N–H and O–H groups in total. The Hall–Kier alpha value is -2.28. The Bertz CT molecular complexity index is 568. The maximum Gasteiger partial charge on any atom is 0.260 e. The molecular formula is C19H28N2O5. The van der Waals surface area contributed by atoms with Crippen LogP contribution >= 0.6 is 0 Å². The summed E-state index contributed by atoms with van der Waals surface area (Å²) >= 11 is 0. The van der Waals surface area contributed by atoms with Crippen molar-refractivity contribution in [2.24, 2.45) is 5.92 Å². The monoisotopic (exact) mass is 364 g/mol. The van der Waals surface area contributed by atoms with E-state index in [0.29, 0.717) is 44.8 Å². The van der Waals surface area contributed by atoms with Gasteiger partial charge in [0.15, 0.2) is 6.61 Å². The number of benzene rings is 1. The molecule has 1 aromatic carbocycles. The lowest BCUT2D eigenvalue weighted by Crippen LogP contribution is -2.44. The lowest BCUT2D eigenvalue weighted by atomic mass is 9.96. The van der Waals surface area contributed by atoms with Gasteiger partial charge in [-0.1, -0.05) is 0 Å². The maximum absolute atomic E-state index is 12.3. The van der Waals surface area contributed by atoms with Crippen molar-refractivity contribution < 1.29 is 23.8 Å². The van der Waals surface area contributed by atoms with Crippen molar-refractivity contribution in [2.75, 3.05) is 47.1 Å². The Morgan fingerprint density at radius 2 is 1.77 bits per heavy atom. The lowest BCUT2D eigenvalue weighted by Gasteiger charge is -2.31. The van der Waals surface area contributed by atoms with Gasteiger partial charge in [-0.2, -0.15) is 0 Å². The van der Waals surface area contributed by atoms with E-state index in [4.69, 9.17) is 14.2 Å². The fraction of sp³-hybridized carbons (Fsp3) is 0.579. The third-order valence-electron chi connectivity index (χ3n) is 4.46. The van der Waals surface area contributed by atoms with Crippen LogP contribution in [0.1, 0.15) is 19.3 Å². The number of likely N-dealkylation sites (tertiary alicyclic amines) is 1. The van der Waals surface area contributed by atoms with Gasteiger partial charge in [0.05, 0.1) is 7.11 Å². The number of nitrogens with zero attached hydrogens (tertiary/aromatic N) is 1. The molecule has 2 amide bonds. The smallest absolute Gasteiger partial charge is 0.260 e. The fourth-order valence-electron chi connectivity index (χ4n) is 2.87. The first-order chi connectivity index (χ1) is 12.6. The molecule has 0 aromatic heterocycles. The van der Waals surface area contributed by atoms with Crippen molar-refractivity contribution in [1.29, 1.82) is 0 Å². The fourth-order valence-corrected chi connectivity index (χ4v) is 2.87. The molecule has 1 heterocycles. The quantitative estimate of drug-likeness (QED) is 0.672. The second kappa shape index (κ2) is 10.7. The molecule has 144 valence electrons. The first kappa shape index (κ1) is 20.0. The number of carbonyl (C=O) groups is 2. The molecule has 0 radical (unpaired) electrons. The van der Waals surface area contributed by atoms with E-state index in [1.54, 1.807) is 43.4 Å². The van der Waals surface area contributed by atoms with E-state index in [0.717, 1.165) is 12.2 Å². The van der Waals surface area contributed by atoms with E-state index in [-0.39, 0.29) is 24.3 Å². The summed E-state index contributed by atoms with van der Waals surface area (Å²) in [4.78, 5) is 26.1. The predicted octanol–water partition coefficient (Wildman–Crippen LogP) is 1.47. The summed E-state index contributed by atoms with van der Waals surface area (Å²) in [5.74, 6) is 1.36. The minimum atomic E-state index is -0.0558. The van der Waals surface area contributed by atoms with Crippen LogP contribution in [0.4, 0.5) is 0 Å². The van der Waals surface area contributed by atoms with Crippen molar-refractivity contribution >= 4 is 11.8 Å². The Kier molecular flexibility index (Phi) is 8.21. The van der Waals surface area contributed by atoms with Crippen molar-refractivity contribution in [3.63, 3.8) is 0 Å². The number of hydrogen-bond donors (Lipinski definition) is 1. The molecule has 1 aliphatic heterocycles. The van der Waals surface area contributed by atoms with E-state index in [2.05, 4.69) is 5.32 Å². The van der Waals surface area contributed by atoms with Crippen LogP contribution in [-0.4, -0.2) is 63.8 Å². The number of ether oxygens (including phenoxy) is 3. The highest BCUT2D eigenvalue weighted by molar-refractivity contribution is 5.80. The van der Waals surface area contributed by atoms with Crippen LogP contribution in [0.3, 0.4) is 0 Å². The molecule has 1 fully saturated rings. The lowest BCUT2D eigenvalue weighted by molar-refractivity contribution is -0.137. The van der Waals surface area contributed by atoms with E-state index < -0.39 is 0 Å². The summed E-state index contributed by atoms with van der Waals surface area (Å²) in [6.07, 6.45) is 2.18. The highest BCUT2D eigenvalue weighted by atomic mass is 16.5. The number of hydrogen-bond acceptors (Lipinski definition) is 5. The Balaban J connectivity index is 1.67. The van der Waals surface area contributed by atoms with Crippen LogP contribution in [-0.2, 0) is 14.3 Å². The molecule has 0 saturated carbocycles. The first-order valence-corrected chi connectivity index (χ1v) is 8.95. The van der Waals surface area contributed by atoms with Gasteiger partial charge in [0, 0.05) is 39.3 Å². The first-order valence-electron chi connectivity index (χ1n) is 8.95. The predicted molar refractivity (Wildman–Crippen MR) is 97.3 cm³/mol. The molecule has 0 aliphatic carbocycles. The summed E-state index contributed by atoms with van der Waals surface area (Å²) in [6.45, 7) is 2.44. The maximum atomic E-state index is 12.3. The van der Waals surface area contributed by atoms with Crippen molar-refractivity contribution in [1.82, 2.24) is 10.2 Å². The summed E-state index contributed by atoms with van der Waals surface area (Å²) in [5, 5.41) is 2.93. The van der Waals surface area contributed by atoms with Gasteiger partial charge in [-0.3, -0.25) is 9.59 Å². The van der Waals surface area contributed by atoms with Crippen LogP contribution in [0.25, 0.3) is 0 Å². The van der Waals surface area contributed by atoms with Crippen LogP contribution < -0.4 is 14.8 Å².